The number of aryl methyl sites for hydroxylation is 1. The summed E-state index contributed by atoms with van der Waals surface area (Å²) in [5.41, 5.74) is 1.61. The van der Waals surface area contributed by atoms with E-state index in [-0.39, 0.29) is 11.5 Å². The fourth-order valence-electron chi connectivity index (χ4n) is 0.761. The molecule has 0 aliphatic rings. The summed E-state index contributed by atoms with van der Waals surface area (Å²) >= 11 is 5.90. The van der Waals surface area contributed by atoms with Crippen LogP contribution in [0.4, 0.5) is 5.69 Å². The zero-order valence-corrected chi connectivity index (χ0v) is 7.45. The van der Waals surface area contributed by atoms with Crippen LogP contribution >= 0.6 is 11.6 Å². The highest BCUT2D eigenvalue weighted by atomic mass is 35.5. The van der Waals surface area contributed by atoms with Crippen molar-refractivity contribution in [3.8, 4) is 0 Å². The third-order valence-corrected chi connectivity index (χ3v) is 1.80. The van der Waals surface area contributed by atoms with Crippen molar-refractivity contribution < 1.29 is 4.21 Å². The Kier molecular flexibility index (Phi) is 2.79. The first-order valence-electron chi connectivity index (χ1n) is 3.00. The Balaban J connectivity index is 3.19. The quantitative estimate of drug-likeness (QED) is 0.665. The SMILES string of the molecule is Cc1cc(Cl)ccc1N=S=O. The lowest BCUT2D eigenvalue weighted by molar-refractivity contribution is 0.698. The third kappa shape index (κ3) is 2.13. The molecule has 0 radical (unpaired) electrons. The van der Waals surface area contributed by atoms with E-state index in [0.717, 1.165) is 5.56 Å². The number of hydrogen-bond acceptors (Lipinski definition) is 2. The van der Waals surface area contributed by atoms with Crippen molar-refractivity contribution in [2.45, 2.75) is 6.92 Å². The molecular formula is C7H6ClNOS. The molecule has 0 aliphatic heterocycles. The van der Waals surface area contributed by atoms with Crippen molar-refractivity contribution in [3.63, 3.8) is 0 Å². The molecule has 0 unspecified atom stereocenters. The fourth-order valence-corrected chi connectivity index (χ4v) is 1.27. The van der Waals surface area contributed by atoms with E-state index in [1.165, 1.54) is 0 Å². The highest BCUT2D eigenvalue weighted by Gasteiger charge is 1.95. The van der Waals surface area contributed by atoms with Gasteiger partial charge in [0.05, 0.1) is 5.69 Å². The summed E-state index contributed by atoms with van der Waals surface area (Å²) in [4.78, 5) is 0. The molecule has 1 aromatic rings. The minimum atomic E-state index is 0.207. The van der Waals surface area contributed by atoms with Gasteiger partial charge in [-0.05, 0) is 30.7 Å². The molecule has 58 valence electrons. The molecule has 0 bridgehead atoms. The van der Waals surface area contributed by atoms with Gasteiger partial charge in [0.1, 0.15) is 0 Å². The Morgan fingerprint density at radius 3 is 2.82 bits per heavy atom. The van der Waals surface area contributed by atoms with Crippen LogP contribution in [0, 0.1) is 6.92 Å². The Morgan fingerprint density at radius 2 is 2.27 bits per heavy atom. The zero-order valence-electron chi connectivity index (χ0n) is 5.87. The van der Waals surface area contributed by atoms with Gasteiger partial charge in [-0.25, -0.2) is 0 Å². The molecule has 0 heterocycles. The van der Waals surface area contributed by atoms with E-state index in [4.69, 9.17) is 11.6 Å². The van der Waals surface area contributed by atoms with Crippen molar-refractivity contribution in [1.82, 2.24) is 0 Å². The van der Waals surface area contributed by atoms with Gasteiger partial charge >= 0.3 is 0 Å². The molecule has 1 aromatic carbocycles. The Bertz CT molecular complexity index is 320. The van der Waals surface area contributed by atoms with Gasteiger partial charge in [0, 0.05) is 5.02 Å². The number of nitrogens with zero attached hydrogens (tertiary/aromatic N) is 1. The largest absolute Gasteiger partial charge is 0.205 e. The number of hydrogen-bond donors (Lipinski definition) is 0. The van der Waals surface area contributed by atoms with Gasteiger partial charge in [-0.15, -0.1) is 0 Å². The van der Waals surface area contributed by atoms with E-state index in [0.29, 0.717) is 10.7 Å². The lowest BCUT2D eigenvalue weighted by Gasteiger charge is -1.96. The fraction of sp³-hybridized carbons (Fsp3) is 0.143. The van der Waals surface area contributed by atoms with Crippen LogP contribution in [-0.2, 0) is 11.5 Å². The summed E-state index contributed by atoms with van der Waals surface area (Å²) < 4.78 is 13.7. The van der Waals surface area contributed by atoms with Crippen LogP contribution < -0.4 is 0 Å². The van der Waals surface area contributed by atoms with Crippen molar-refractivity contribution in [3.05, 3.63) is 28.8 Å². The summed E-state index contributed by atoms with van der Waals surface area (Å²) in [5, 5.41) is 0.664. The lowest BCUT2D eigenvalue weighted by atomic mass is 10.2. The predicted octanol–water partition coefficient (Wildman–Crippen LogP) is 2.68. The molecule has 0 amide bonds. The highest BCUT2D eigenvalue weighted by Crippen LogP contribution is 2.21. The second-order valence-electron chi connectivity index (χ2n) is 2.10. The van der Waals surface area contributed by atoms with E-state index in [9.17, 15) is 4.21 Å². The Hall–Kier alpha value is -0.670. The molecule has 0 saturated carbocycles. The van der Waals surface area contributed by atoms with E-state index in [2.05, 4.69) is 4.36 Å². The summed E-state index contributed by atoms with van der Waals surface area (Å²) in [6.45, 7) is 1.86. The van der Waals surface area contributed by atoms with Crippen LogP contribution in [0.5, 0.6) is 0 Å². The summed E-state index contributed by atoms with van der Waals surface area (Å²) in [5.74, 6) is 0. The van der Waals surface area contributed by atoms with E-state index in [1.54, 1.807) is 18.2 Å². The summed E-state index contributed by atoms with van der Waals surface area (Å²) in [6, 6.07) is 5.21. The van der Waals surface area contributed by atoms with Gasteiger partial charge in [0.25, 0.3) is 0 Å². The Labute approximate surface area is 73.4 Å². The molecule has 4 heteroatoms. The first-order valence-corrected chi connectivity index (χ1v) is 4.08. The van der Waals surface area contributed by atoms with Crippen LogP contribution in [-0.4, -0.2) is 4.21 Å². The van der Waals surface area contributed by atoms with Crippen LogP contribution in [0.15, 0.2) is 22.6 Å². The topological polar surface area (TPSA) is 29.4 Å². The number of halogens is 1. The smallest absolute Gasteiger partial charge is 0.191 e. The Morgan fingerprint density at radius 1 is 1.55 bits per heavy atom. The van der Waals surface area contributed by atoms with Crippen LogP contribution in [0.2, 0.25) is 5.02 Å². The highest BCUT2D eigenvalue weighted by molar-refractivity contribution is 7.54. The van der Waals surface area contributed by atoms with Crippen molar-refractivity contribution >= 4 is 28.8 Å². The van der Waals surface area contributed by atoms with Gasteiger partial charge in [-0.2, -0.15) is 8.57 Å². The van der Waals surface area contributed by atoms with Crippen molar-refractivity contribution in [2.24, 2.45) is 4.36 Å². The first kappa shape index (κ1) is 8.43. The second-order valence-corrected chi connectivity index (χ2v) is 2.86. The summed E-state index contributed by atoms with van der Waals surface area (Å²) in [7, 11) is 0. The zero-order chi connectivity index (χ0) is 8.27. The van der Waals surface area contributed by atoms with Gasteiger partial charge in [-0.1, -0.05) is 11.6 Å². The summed E-state index contributed by atoms with van der Waals surface area (Å²) in [6.07, 6.45) is 0. The van der Waals surface area contributed by atoms with Gasteiger partial charge < -0.3 is 0 Å². The van der Waals surface area contributed by atoms with Crippen molar-refractivity contribution in [1.29, 1.82) is 0 Å². The average Bonchev–Trinajstić information content (AvgIpc) is 1.95. The maximum absolute atomic E-state index is 10.1. The van der Waals surface area contributed by atoms with E-state index in [1.807, 2.05) is 6.92 Å². The first-order chi connectivity index (χ1) is 5.24. The standard InChI is InChI=1S/C7H6ClNOS/c1-5-4-6(8)2-3-7(5)9-11-10/h2-4H,1H3. The molecule has 0 aromatic heterocycles. The maximum Gasteiger partial charge on any atom is 0.205 e. The molecule has 11 heavy (non-hydrogen) atoms. The predicted molar refractivity (Wildman–Crippen MR) is 46.4 cm³/mol. The number of benzene rings is 1. The lowest BCUT2D eigenvalue weighted by Crippen LogP contribution is -1.72. The molecular weight excluding hydrogens is 182 g/mol. The molecule has 0 aliphatic carbocycles. The van der Waals surface area contributed by atoms with Gasteiger partial charge in [-0.3, -0.25) is 0 Å². The normalized spacial score (nSPS) is 9.27. The van der Waals surface area contributed by atoms with Gasteiger partial charge in [0.15, 0.2) is 0 Å². The monoisotopic (exact) mass is 187 g/mol. The minimum absolute atomic E-state index is 0.207. The maximum atomic E-state index is 10.1. The van der Waals surface area contributed by atoms with Crippen LogP contribution in [0.3, 0.4) is 0 Å². The van der Waals surface area contributed by atoms with Crippen LogP contribution in [0.1, 0.15) is 5.56 Å². The molecule has 0 fully saturated rings. The molecule has 1 rings (SSSR count). The molecule has 0 saturated heterocycles. The molecule has 0 spiro atoms. The van der Waals surface area contributed by atoms with E-state index < -0.39 is 0 Å². The van der Waals surface area contributed by atoms with E-state index >= 15 is 0 Å². The van der Waals surface area contributed by atoms with Crippen molar-refractivity contribution in [2.75, 3.05) is 0 Å². The minimum Gasteiger partial charge on any atom is -0.191 e. The van der Waals surface area contributed by atoms with Crippen LogP contribution in [0.25, 0.3) is 0 Å². The molecule has 2 nitrogen and oxygen atoms in total. The number of rotatable bonds is 1. The second kappa shape index (κ2) is 3.64. The third-order valence-electron chi connectivity index (χ3n) is 1.29. The van der Waals surface area contributed by atoms with Gasteiger partial charge in [0.2, 0.25) is 11.5 Å². The average molecular weight is 188 g/mol. The molecule has 0 atom stereocenters. The molecule has 0 N–H and O–H groups in total.